The van der Waals surface area contributed by atoms with Crippen molar-refractivity contribution in [1.82, 2.24) is 10.2 Å². The largest absolute Gasteiger partial charge is 0.435 e. The SMILES string of the molecule is CO.Cc1cc(C(F)(F)F)n[nH]1. The Morgan fingerprint density at radius 3 is 2.08 bits per heavy atom. The molecular weight excluding hydrogens is 173 g/mol. The number of aryl methyl sites for hydroxylation is 1. The number of alkyl halides is 3. The molecule has 0 radical (unpaired) electrons. The first-order chi connectivity index (χ1) is 5.50. The number of rotatable bonds is 0. The van der Waals surface area contributed by atoms with Gasteiger partial charge in [-0.25, -0.2) is 0 Å². The lowest BCUT2D eigenvalue weighted by Crippen LogP contribution is -2.04. The van der Waals surface area contributed by atoms with E-state index in [1.807, 2.05) is 0 Å². The van der Waals surface area contributed by atoms with Crippen molar-refractivity contribution in [3.05, 3.63) is 17.5 Å². The van der Waals surface area contributed by atoms with Gasteiger partial charge < -0.3 is 5.11 Å². The Hall–Kier alpha value is -1.04. The highest BCUT2D eigenvalue weighted by Crippen LogP contribution is 2.27. The molecule has 0 fully saturated rings. The maximum Gasteiger partial charge on any atom is 0.435 e. The van der Waals surface area contributed by atoms with Gasteiger partial charge in [-0.15, -0.1) is 0 Å². The van der Waals surface area contributed by atoms with Crippen LogP contribution in [0.2, 0.25) is 0 Å². The van der Waals surface area contributed by atoms with Crippen molar-refractivity contribution in [3.63, 3.8) is 0 Å². The molecule has 70 valence electrons. The van der Waals surface area contributed by atoms with Gasteiger partial charge in [-0.3, -0.25) is 5.10 Å². The molecule has 0 aromatic carbocycles. The topological polar surface area (TPSA) is 48.9 Å². The number of aromatic nitrogens is 2. The molecule has 1 aromatic heterocycles. The molecule has 0 saturated heterocycles. The molecule has 6 heteroatoms. The van der Waals surface area contributed by atoms with E-state index in [1.165, 1.54) is 6.92 Å². The smallest absolute Gasteiger partial charge is 0.400 e. The van der Waals surface area contributed by atoms with Crippen LogP contribution in [0.15, 0.2) is 6.07 Å². The van der Waals surface area contributed by atoms with Crippen molar-refractivity contribution in [2.24, 2.45) is 0 Å². The van der Waals surface area contributed by atoms with Crippen LogP contribution in [-0.2, 0) is 6.18 Å². The Bertz CT molecular complexity index is 231. The Balaban J connectivity index is 0.000000561. The molecule has 3 nitrogen and oxygen atoms in total. The van der Waals surface area contributed by atoms with Crippen molar-refractivity contribution < 1.29 is 18.3 Å². The number of aliphatic hydroxyl groups excluding tert-OH is 1. The summed E-state index contributed by atoms with van der Waals surface area (Å²) in [5, 5.41) is 12.2. The molecule has 1 rings (SSSR count). The van der Waals surface area contributed by atoms with E-state index < -0.39 is 11.9 Å². The molecule has 0 amide bonds. The lowest BCUT2D eigenvalue weighted by atomic mass is 10.4. The van der Waals surface area contributed by atoms with E-state index in [0.717, 1.165) is 13.2 Å². The summed E-state index contributed by atoms with van der Waals surface area (Å²) >= 11 is 0. The second kappa shape index (κ2) is 4.10. The fourth-order valence-electron chi connectivity index (χ4n) is 0.563. The van der Waals surface area contributed by atoms with E-state index in [2.05, 4.69) is 10.2 Å². The van der Waals surface area contributed by atoms with Crippen LogP contribution in [0.25, 0.3) is 0 Å². The number of nitrogens with zero attached hydrogens (tertiary/aromatic N) is 1. The fraction of sp³-hybridized carbons (Fsp3) is 0.500. The number of aliphatic hydroxyl groups is 1. The maximum atomic E-state index is 11.7. The number of aromatic amines is 1. The molecule has 1 heterocycles. The Morgan fingerprint density at radius 1 is 1.42 bits per heavy atom. The van der Waals surface area contributed by atoms with Crippen LogP contribution >= 0.6 is 0 Å². The highest BCUT2D eigenvalue weighted by atomic mass is 19.4. The molecule has 12 heavy (non-hydrogen) atoms. The average molecular weight is 182 g/mol. The third-order valence-electron chi connectivity index (χ3n) is 0.996. The van der Waals surface area contributed by atoms with Crippen LogP contribution in [-0.4, -0.2) is 22.4 Å². The van der Waals surface area contributed by atoms with Crippen molar-refractivity contribution in [3.8, 4) is 0 Å². The monoisotopic (exact) mass is 182 g/mol. The molecule has 0 aliphatic heterocycles. The van der Waals surface area contributed by atoms with Gasteiger partial charge in [0.1, 0.15) is 0 Å². The van der Waals surface area contributed by atoms with Gasteiger partial charge in [0.25, 0.3) is 0 Å². The summed E-state index contributed by atoms with van der Waals surface area (Å²) in [5.74, 6) is 0. The molecule has 0 saturated carbocycles. The minimum Gasteiger partial charge on any atom is -0.400 e. The van der Waals surface area contributed by atoms with Gasteiger partial charge in [0, 0.05) is 12.8 Å². The zero-order valence-electron chi connectivity index (χ0n) is 6.61. The van der Waals surface area contributed by atoms with Gasteiger partial charge in [-0.1, -0.05) is 0 Å². The molecule has 0 aliphatic rings. The van der Waals surface area contributed by atoms with Gasteiger partial charge >= 0.3 is 6.18 Å². The highest BCUT2D eigenvalue weighted by Gasteiger charge is 2.33. The van der Waals surface area contributed by atoms with Crippen LogP contribution < -0.4 is 0 Å². The summed E-state index contributed by atoms with van der Waals surface area (Å²) in [6.45, 7) is 1.52. The molecule has 1 aromatic rings. The van der Waals surface area contributed by atoms with Crippen LogP contribution in [0.1, 0.15) is 11.4 Å². The number of hydrogen-bond donors (Lipinski definition) is 2. The third-order valence-corrected chi connectivity index (χ3v) is 0.996. The van der Waals surface area contributed by atoms with Gasteiger partial charge in [-0.05, 0) is 13.0 Å². The van der Waals surface area contributed by atoms with E-state index in [0.29, 0.717) is 5.69 Å². The van der Waals surface area contributed by atoms with E-state index in [4.69, 9.17) is 5.11 Å². The Labute approximate surface area is 67.2 Å². The van der Waals surface area contributed by atoms with Crippen molar-refractivity contribution in [1.29, 1.82) is 0 Å². The quantitative estimate of drug-likeness (QED) is 0.636. The minimum absolute atomic E-state index is 0.410. The number of halogens is 3. The van der Waals surface area contributed by atoms with Crippen molar-refractivity contribution in [2.75, 3.05) is 7.11 Å². The van der Waals surface area contributed by atoms with Crippen LogP contribution in [0.3, 0.4) is 0 Å². The second-order valence-corrected chi connectivity index (χ2v) is 1.93. The molecule has 0 unspecified atom stereocenters. The summed E-state index contributed by atoms with van der Waals surface area (Å²) in [6, 6.07) is 0.958. The normalized spacial score (nSPS) is 10.5. The molecule has 2 N–H and O–H groups in total. The standard InChI is InChI=1S/C5H5F3N2.CH4O/c1-3-2-4(10-9-3)5(6,7)8;1-2/h2H,1H3,(H,9,10);2H,1H3. The van der Waals surface area contributed by atoms with Crippen LogP contribution in [0, 0.1) is 6.92 Å². The van der Waals surface area contributed by atoms with Gasteiger partial charge in [-0.2, -0.15) is 18.3 Å². The van der Waals surface area contributed by atoms with E-state index in [-0.39, 0.29) is 0 Å². The Kier molecular flexibility index (Phi) is 3.75. The number of hydrogen-bond acceptors (Lipinski definition) is 2. The minimum atomic E-state index is -4.33. The summed E-state index contributed by atoms with van der Waals surface area (Å²) in [6.07, 6.45) is -4.33. The molecular formula is C6H9F3N2O. The average Bonchev–Trinajstić information content (AvgIpc) is 2.39. The first-order valence-corrected chi connectivity index (χ1v) is 3.04. The van der Waals surface area contributed by atoms with E-state index in [1.54, 1.807) is 0 Å². The van der Waals surface area contributed by atoms with Crippen LogP contribution in [0.5, 0.6) is 0 Å². The van der Waals surface area contributed by atoms with Crippen LogP contribution in [0.4, 0.5) is 13.2 Å². The molecule has 0 atom stereocenters. The second-order valence-electron chi connectivity index (χ2n) is 1.93. The summed E-state index contributed by atoms with van der Waals surface area (Å²) < 4.78 is 35.2. The maximum absolute atomic E-state index is 11.7. The summed E-state index contributed by atoms with van der Waals surface area (Å²) in [5.41, 5.74) is -0.461. The van der Waals surface area contributed by atoms with Gasteiger partial charge in [0.2, 0.25) is 0 Å². The van der Waals surface area contributed by atoms with Gasteiger partial charge in [0.15, 0.2) is 5.69 Å². The van der Waals surface area contributed by atoms with Gasteiger partial charge in [0.05, 0.1) is 0 Å². The zero-order chi connectivity index (χ0) is 9.78. The predicted octanol–water partition coefficient (Wildman–Crippen LogP) is 1.35. The molecule has 0 spiro atoms. The third kappa shape index (κ3) is 2.91. The zero-order valence-corrected chi connectivity index (χ0v) is 6.61. The highest BCUT2D eigenvalue weighted by molar-refractivity contribution is 5.09. The molecule has 0 aliphatic carbocycles. The Morgan fingerprint density at radius 2 is 1.92 bits per heavy atom. The summed E-state index contributed by atoms with van der Waals surface area (Å²) in [7, 11) is 1.00. The van der Waals surface area contributed by atoms with Crippen molar-refractivity contribution in [2.45, 2.75) is 13.1 Å². The van der Waals surface area contributed by atoms with E-state index >= 15 is 0 Å². The lowest BCUT2D eigenvalue weighted by Gasteiger charge is -1.98. The first-order valence-electron chi connectivity index (χ1n) is 3.04. The fourth-order valence-corrected chi connectivity index (χ4v) is 0.563. The molecule has 0 bridgehead atoms. The predicted molar refractivity (Wildman–Crippen MR) is 36.5 cm³/mol. The lowest BCUT2D eigenvalue weighted by molar-refractivity contribution is -0.141. The first kappa shape index (κ1) is 11.0. The van der Waals surface area contributed by atoms with E-state index in [9.17, 15) is 13.2 Å². The number of H-pyrrole nitrogens is 1. The number of nitrogens with one attached hydrogen (secondary N) is 1. The summed E-state index contributed by atoms with van der Waals surface area (Å²) in [4.78, 5) is 0. The van der Waals surface area contributed by atoms with Crippen molar-refractivity contribution >= 4 is 0 Å².